The number of amides is 1. The lowest BCUT2D eigenvalue weighted by Crippen LogP contribution is -2.63. The van der Waals surface area contributed by atoms with E-state index in [4.69, 9.17) is 4.74 Å². The van der Waals surface area contributed by atoms with Gasteiger partial charge in [0, 0.05) is 25.0 Å². The molecule has 1 amide bonds. The highest BCUT2D eigenvalue weighted by molar-refractivity contribution is 5.85. The highest BCUT2D eigenvalue weighted by Gasteiger charge is 2.50. The third-order valence-electron chi connectivity index (χ3n) is 7.18. The van der Waals surface area contributed by atoms with Crippen molar-refractivity contribution >= 4 is 12.1 Å². The van der Waals surface area contributed by atoms with Crippen molar-refractivity contribution in [1.29, 1.82) is 0 Å². The van der Waals surface area contributed by atoms with E-state index in [1.807, 2.05) is 45.2 Å². The number of aliphatic carboxylic acids is 1. The predicted molar refractivity (Wildman–Crippen MR) is 124 cm³/mol. The van der Waals surface area contributed by atoms with Crippen LogP contribution in [-0.2, 0) is 9.53 Å². The molecule has 32 heavy (non-hydrogen) atoms. The first-order valence-corrected chi connectivity index (χ1v) is 11.4. The van der Waals surface area contributed by atoms with E-state index in [1.165, 1.54) is 16.0 Å². The number of nitrogens with zero attached hydrogens (tertiary/aromatic N) is 2. The largest absolute Gasteiger partial charge is 0.479 e. The molecular weight excluding hydrogens is 404 g/mol. The number of rotatable bonds is 6. The van der Waals surface area contributed by atoms with E-state index in [0.29, 0.717) is 32.4 Å². The second-order valence-electron chi connectivity index (χ2n) is 9.08. The SMILES string of the molecule is CCCN(C(=O)OCC1c2ccccc2-c2ccccc21)C1(C(=O)O)CCN(C)C(C)C1. The summed E-state index contributed by atoms with van der Waals surface area (Å²) in [6, 6.07) is 16.5. The Morgan fingerprint density at radius 2 is 1.72 bits per heavy atom. The van der Waals surface area contributed by atoms with Gasteiger partial charge in [-0.15, -0.1) is 0 Å². The lowest BCUT2D eigenvalue weighted by atomic mass is 9.82. The molecule has 6 heteroatoms. The number of ether oxygens (including phenoxy) is 1. The smallest absolute Gasteiger partial charge is 0.410 e. The van der Waals surface area contributed by atoms with Crippen LogP contribution in [0.3, 0.4) is 0 Å². The summed E-state index contributed by atoms with van der Waals surface area (Å²) in [5.41, 5.74) is 3.39. The van der Waals surface area contributed by atoms with Crippen LogP contribution in [0, 0.1) is 0 Å². The van der Waals surface area contributed by atoms with E-state index in [1.54, 1.807) is 0 Å². The third kappa shape index (κ3) is 3.77. The van der Waals surface area contributed by atoms with E-state index < -0.39 is 17.6 Å². The number of benzene rings is 2. The molecule has 1 N–H and O–H groups in total. The molecule has 2 aromatic carbocycles. The maximum Gasteiger partial charge on any atom is 0.410 e. The lowest BCUT2D eigenvalue weighted by molar-refractivity contribution is -0.155. The van der Waals surface area contributed by atoms with Gasteiger partial charge in [0.05, 0.1) is 0 Å². The van der Waals surface area contributed by atoms with Crippen LogP contribution in [0.2, 0.25) is 0 Å². The molecule has 2 atom stereocenters. The molecule has 2 aliphatic rings. The molecule has 2 unspecified atom stereocenters. The zero-order chi connectivity index (χ0) is 22.9. The van der Waals surface area contributed by atoms with Crippen molar-refractivity contribution in [1.82, 2.24) is 9.80 Å². The standard InChI is InChI=1S/C26H32N2O4/c1-4-14-28(26(24(29)30)13-15-27(3)18(2)16-26)25(31)32-17-23-21-11-7-5-9-19(21)20-10-6-8-12-22(20)23/h5-12,18,23H,4,13-17H2,1-3H3,(H,29,30). The van der Waals surface area contributed by atoms with Gasteiger partial charge in [0.25, 0.3) is 0 Å². The zero-order valence-corrected chi connectivity index (χ0v) is 19.1. The number of carboxylic acid groups (broad SMARTS) is 1. The molecule has 170 valence electrons. The molecule has 0 aromatic heterocycles. The lowest BCUT2D eigenvalue weighted by Gasteiger charge is -2.47. The fraction of sp³-hybridized carbons (Fsp3) is 0.462. The molecule has 2 aromatic rings. The van der Waals surface area contributed by atoms with Gasteiger partial charge in [-0.3, -0.25) is 4.90 Å². The summed E-state index contributed by atoms with van der Waals surface area (Å²) < 4.78 is 5.85. The summed E-state index contributed by atoms with van der Waals surface area (Å²) in [4.78, 5) is 29.4. The van der Waals surface area contributed by atoms with Crippen LogP contribution >= 0.6 is 0 Å². The summed E-state index contributed by atoms with van der Waals surface area (Å²) in [5.74, 6) is -0.994. The fourth-order valence-electron chi connectivity index (χ4n) is 5.26. The van der Waals surface area contributed by atoms with Gasteiger partial charge >= 0.3 is 12.1 Å². The van der Waals surface area contributed by atoms with Crippen molar-refractivity contribution in [3.8, 4) is 11.1 Å². The maximum atomic E-state index is 13.3. The zero-order valence-electron chi connectivity index (χ0n) is 19.1. The quantitative estimate of drug-likeness (QED) is 0.718. The Morgan fingerprint density at radius 3 is 2.25 bits per heavy atom. The van der Waals surface area contributed by atoms with E-state index >= 15 is 0 Å². The molecule has 0 bridgehead atoms. The van der Waals surface area contributed by atoms with Crippen LogP contribution in [0.5, 0.6) is 0 Å². The van der Waals surface area contributed by atoms with E-state index in [-0.39, 0.29) is 18.6 Å². The number of fused-ring (bicyclic) bond motifs is 3. The topological polar surface area (TPSA) is 70.1 Å². The normalized spacial score (nSPS) is 22.8. The van der Waals surface area contributed by atoms with Crippen molar-refractivity contribution in [2.75, 3.05) is 26.7 Å². The second-order valence-corrected chi connectivity index (χ2v) is 9.08. The van der Waals surface area contributed by atoms with Crippen molar-refractivity contribution in [2.24, 2.45) is 0 Å². The van der Waals surface area contributed by atoms with E-state index in [0.717, 1.165) is 11.1 Å². The summed E-state index contributed by atoms with van der Waals surface area (Å²) in [5, 5.41) is 10.2. The Bertz CT molecular complexity index is 961. The van der Waals surface area contributed by atoms with Crippen molar-refractivity contribution in [2.45, 2.75) is 50.6 Å². The molecule has 0 spiro atoms. The molecule has 1 saturated heterocycles. The molecule has 1 aliphatic heterocycles. The Kier molecular flexibility index (Phi) is 6.24. The Balaban J connectivity index is 1.57. The van der Waals surface area contributed by atoms with Crippen LogP contribution in [0.4, 0.5) is 4.79 Å². The number of carbonyl (C=O) groups excluding carboxylic acids is 1. The van der Waals surface area contributed by atoms with Gasteiger partial charge in [-0.05, 0) is 55.5 Å². The Labute approximate surface area is 189 Å². The van der Waals surface area contributed by atoms with Crippen molar-refractivity contribution in [3.63, 3.8) is 0 Å². The number of piperidine rings is 1. The average molecular weight is 437 g/mol. The number of hydrogen-bond donors (Lipinski definition) is 1. The van der Waals surface area contributed by atoms with Gasteiger partial charge in [0.2, 0.25) is 0 Å². The van der Waals surface area contributed by atoms with Crippen LogP contribution < -0.4 is 0 Å². The number of carbonyl (C=O) groups is 2. The molecule has 1 heterocycles. The molecule has 1 aliphatic carbocycles. The Hall–Kier alpha value is -2.86. The molecular formula is C26H32N2O4. The van der Waals surface area contributed by atoms with Crippen LogP contribution in [0.15, 0.2) is 48.5 Å². The molecule has 0 saturated carbocycles. The molecule has 0 radical (unpaired) electrons. The van der Waals surface area contributed by atoms with Crippen molar-refractivity contribution < 1.29 is 19.4 Å². The van der Waals surface area contributed by atoms with Gasteiger partial charge < -0.3 is 14.7 Å². The molecule has 6 nitrogen and oxygen atoms in total. The van der Waals surface area contributed by atoms with Crippen LogP contribution in [-0.4, -0.2) is 65.3 Å². The van der Waals surface area contributed by atoms with E-state index in [2.05, 4.69) is 29.2 Å². The summed E-state index contributed by atoms with van der Waals surface area (Å²) in [7, 11) is 1.99. The van der Waals surface area contributed by atoms with Crippen molar-refractivity contribution in [3.05, 3.63) is 59.7 Å². The van der Waals surface area contributed by atoms with Crippen LogP contribution in [0.1, 0.15) is 50.2 Å². The minimum Gasteiger partial charge on any atom is -0.479 e. The monoisotopic (exact) mass is 436 g/mol. The highest BCUT2D eigenvalue weighted by Crippen LogP contribution is 2.44. The van der Waals surface area contributed by atoms with Gasteiger partial charge in [-0.25, -0.2) is 9.59 Å². The van der Waals surface area contributed by atoms with Gasteiger partial charge in [0.1, 0.15) is 12.1 Å². The first-order chi connectivity index (χ1) is 15.4. The maximum absolute atomic E-state index is 13.3. The van der Waals surface area contributed by atoms with Gasteiger partial charge in [-0.2, -0.15) is 0 Å². The minimum atomic E-state index is -1.23. The Morgan fingerprint density at radius 1 is 1.12 bits per heavy atom. The first-order valence-electron chi connectivity index (χ1n) is 11.4. The molecule has 1 fully saturated rings. The summed E-state index contributed by atoms with van der Waals surface area (Å²) >= 11 is 0. The third-order valence-corrected chi connectivity index (χ3v) is 7.18. The second kappa shape index (κ2) is 8.94. The molecule has 4 rings (SSSR count). The number of carboxylic acids is 1. The van der Waals surface area contributed by atoms with Gasteiger partial charge in [-0.1, -0.05) is 55.5 Å². The van der Waals surface area contributed by atoms with E-state index in [9.17, 15) is 14.7 Å². The van der Waals surface area contributed by atoms with Crippen LogP contribution in [0.25, 0.3) is 11.1 Å². The summed E-state index contributed by atoms with van der Waals surface area (Å²) in [6.45, 7) is 5.15. The number of likely N-dealkylation sites (tertiary alicyclic amines) is 1. The predicted octanol–water partition coefficient (Wildman–Crippen LogP) is 4.59. The first kappa shape index (κ1) is 22.3. The minimum absolute atomic E-state index is 0.0491. The number of hydrogen-bond acceptors (Lipinski definition) is 4. The highest BCUT2D eigenvalue weighted by atomic mass is 16.6. The fourth-order valence-corrected chi connectivity index (χ4v) is 5.26. The van der Waals surface area contributed by atoms with Gasteiger partial charge in [0.15, 0.2) is 0 Å². The summed E-state index contributed by atoms with van der Waals surface area (Å²) in [6.07, 6.45) is 0.924. The average Bonchev–Trinajstić information content (AvgIpc) is 3.11.